The number of nitrogens with zero attached hydrogens (tertiary/aromatic N) is 3. The van der Waals surface area contributed by atoms with Crippen LogP contribution >= 0.6 is 11.3 Å². The van der Waals surface area contributed by atoms with E-state index in [4.69, 9.17) is 9.98 Å². The molecule has 0 radical (unpaired) electrons. The molecule has 1 aliphatic rings. The van der Waals surface area contributed by atoms with E-state index < -0.39 is 0 Å². The summed E-state index contributed by atoms with van der Waals surface area (Å²) in [6.45, 7) is 11.4. The van der Waals surface area contributed by atoms with Crippen LogP contribution in [0.1, 0.15) is 47.8 Å². The van der Waals surface area contributed by atoms with Crippen LogP contribution in [0.5, 0.6) is 0 Å². The van der Waals surface area contributed by atoms with Gasteiger partial charge in [-0.1, -0.05) is 37.3 Å². The highest BCUT2D eigenvalue weighted by Crippen LogP contribution is 2.18. The van der Waals surface area contributed by atoms with Gasteiger partial charge in [0.05, 0.1) is 10.7 Å². The maximum Gasteiger partial charge on any atom is 0.191 e. The Morgan fingerprint density at radius 3 is 2.62 bits per heavy atom. The quantitative estimate of drug-likeness (QED) is 0.511. The first-order valence-electron chi connectivity index (χ1n) is 10.9. The lowest BCUT2D eigenvalue weighted by atomic mass is 10.0. The topological polar surface area (TPSA) is 52.6 Å². The molecule has 1 aromatic heterocycles. The zero-order chi connectivity index (χ0) is 20.5. The molecule has 3 rings (SSSR count). The van der Waals surface area contributed by atoms with Gasteiger partial charge in [-0.15, -0.1) is 11.3 Å². The minimum absolute atomic E-state index is 0.494. The first kappa shape index (κ1) is 21.8. The number of guanidine groups is 1. The summed E-state index contributed by atoms with van der Waals surface area (Å²) in [7, 11) is 0. The van der Waals surface area contributed by atoms with Crippen molar-refractivity contribution in [3.05, 3.63) is 51.5 Å². The van der Waals surface area contributed by atoms with E-state index in [0.717, 1.165) is 64.4 Å². The Morgan fingerprint density at radius 2 is 1.97 bits per heavy atom. The lowest BCUT2D eigenvalue weighted by Gasteiger charge is -2.33. The van der Waals surface area contributed by atoms with E-state index in [1.807, 2.05) is 11.3 Å². The third kappa shape index (κ3) is 6.82. The number of nitrogens with one attached hydrogen (secondary N) is 2. The summed E-state index contributed by atoms with van der Waals surface area (Å²) in [6, 6.07) is 11.3. The summed E-state index contributed by atoms with van der Waals surface area (Å²) in [6.07, 6.45) is 4.24. The second-order valence-electron chi connectivity index (χ2n) is 7.66. The van der Waals surface area contributed by atoms with Crippen molar-refractivity contribution in [1.29, 1.82) is 0 Å². The van der Waals surface area contributed by atoms with Crippen molar-refractivity contribution < 1.29 is 0 Å². The molecule has 1 saturated heterocycles. The van der Waals surface area contributed by atoms with Gasteiger partial charge < -0.3 is 10.6 Å². The fraction of sp³-hybridized carbons (Fsp3) is 0.565. The highest BCUT2D eigenvalue weighted by atomic mass is 32.1. The minimum atomic E-state index is 0.494. The van der Waals surface area contributed by atoms with Gasteiger partial charge in [0, 0.05) is 50.1 Å². The van der Waals surface area contributed by atoms with Gasteiger partial charge in [0.25, 0.3) is 0 Å². The van der Waals surface area contributed by atoms with Crippen LogP contribution in [0, 0.1) is 6.92 Å². The summed E-state index contributed by atoms with van der Waals surface area (Å²) < 4.78 is 0. The van der Waals surface area contributed by atoms with Crippen molar-refractivity contribution in [3.63, 3.8) is 0 Å². The van der Waals surface area contributed by atoms with E-state index in [-0.39, 0.29) is 0 Å². The molecule has 0 unspecified atom stereocenters. The van der Waals surface area contributed by atoms with Crippen LogP contribution in [0.15, 0.2) is 35.3 Å². The van der Waals surface area contributed by atoms with E-state index in [9.17, 15) is 0 Å². The Kier molecular flexibility index (Phi) is 8.50. The Morgan fingerprint density at radius 1 is 1.21 bits per heavy atom. The van der Waals surface area contributed by atoms with Gasteiger partial charge in [0.15, 0.2) is 5.96 Å². The van der Waals surface area contributed by atoms with Crippen molar-refractivity contribution in [3.8, 4) is 0 Å². The number of benzene rings is 1. The van der Waals surface area contributed by atoms with E-state index in [1.54, 1.807) is 0 Å². The number of aliphatic imine (C=N–C) groups is 1. The Labute approximate surface area is 179 Å². The molecule has 6 heteroatoms. The molecule has 0 aliphatic carbocycles. The Hall–Kier alpha value is -1.92. The van der Waals surface area contributed by atoms with Gasteiger partial charge in [-0.2, -0.15) is 0 Å². The van der Waals surface area contributed by atoms with Gasteiger partial charge in [0.2, 0.25) is 0 Å². The fourth-order valence-corrected chi connectivity index (χ4v) is 4.79. The van der Waals surface area contributed by atoms with Gasteiger partial charge >= 0.3 is 0 Å². The van der Waals surface area contributed by atoms with Gasteiger partial charge in [0.1, 0.15) is 0 Å². The van der Waals surface area contributed by atoms with Crippen LogP contribution in [0.25, 0.3) is 0 Å². The predicted octanol–water partition coefficient (Wildman–Crippen LogP) is 3.78. The first-order chi connectivity index (χ1) is 14.2. The molecule has 1 aromatic carbocycles. The van der Waals surface area contributed by atoms with Crippen LogP contribution < -0.4 is 10.6 Å². The number of likely N-dealkylation sites (tertiary alicyclic amines) is 1. The largest absolute Gasteiger partial charge is 0.357 e. The number of hydrogen-bond donors (Lipinski definition) is 2. The van der Waals surface area contributed by atoms with Crippen LogP contribution in [-0.2, 0) is 19.4 Å². The molecule has 0 atom stereocenters. The maximum atomic E-state index is 4.80. The lowest BCUT2D eigenvalue weighted by molar-refractivity contribution is 0.198. The molecule has 0 bridgehead atoms. The second-order valence-corrected chi connectivity index (χ2v) is 8.94. The predicted molar refractivity (Wildman–Crippen MR) is 124 cm³/mol. The van der Waals surface area contributed by atoms with E-state index in [1.165, 1.54) is 21.1 Å². The molecule has 158 valence electrons. The summed E-state index contributed by atoms with van der Waals surface area (Å²) in [4.78, 5) is 13.4. The molecule has 5 nitrogen and oxygen atoms in total. The lowest BCUT2D eigenvalue weighted by Crippen LogP contribution is -2.48. The molecular formula is C23H35N5S. The summed E-state index contributed by atoms with van der Waals surface area (Å²) in [5.41, 5.74) is 2.64. The fourth-order valence-electron chi connectivity index (χ4n) is 3.78. The number of hydrogen-bond acceptors (Lipinski definition) is 4. The molecule has 29 heavy (non-hydrogen) atoms. The molecule has 0 spiro atoms. The standard InChI is InChI=1S/C23H35N5S/c1-4-21-18(3)29-22(27-21)11-14-25-23(24-5-2)26-20-12-15-28(16-13-20)17-19-9-7-6-8-10-19/h6-10,20H,4-5,11-17H2,1-3H3,(H2,24,25,26). The normalized spacial score (nSPS) is 16.2. The average molecular weight is 414 g/mol. The van der Waals surface area contributed by atoms with Crippen molar-refractivity contribution in [2.24, 2.45) is 4.99 Å². The van der Waals surface area contributed by atoms with Crippen LogP contribution in [0.3, 0.4) is 0 Å². The summed E-state index contributed by atoms with van der Waals surface area (Å²) >= 11 is 1.81. The zero-order valence-electron chi connectivity index (χ0n) is 18.1. The maximum absolute atomic E-state index is 4.80. The molecule has 1 fully saturated rings. The smallest absolute Gasteiger partial charge is 0.191 e. The van der Waals surface area contributed by atoms with Gasteiger partial charge in [-0.05, 0) is 38.7 Å². The zero-order valence-corrected chi connectivity index (χ0v) is 18.9. The monoisotopic (exact) mass is 413 g/mol. The highest BCUT2D eigenvalue weighted by molar-refractivity contribution is 7.11. The number of thiazole rings is 1. The molecule has 2 aromatic rings. The Balaban J connectivity index is 1.45. The van der Waals surface area contributed by atoms with Crippen molar-refractivity contribution in [2.75, 3.05) is 26.2 Å². The third-order valence-corrected chi connectivity index (χ3v) is 6.46. The van der Waals surface area contributed by atoms with E-state index >= 15 is 0 Å². The Bertz CT molecular complexity index is 763. The average Bonchev–Trinajstić information content (AvgIpc) is 3.10. The highest BCUT2D eigenvalue weighted by Gasteiger charge is 2.20. The van der Waals surface area contributed by atoms with Gasteiger partial charge in [-0.25, -0.2) is 4.98 Å². The summed E-state index contributed by atoms with van der Waals surface area (Å²) in [5.74, 6) is 0.943. The minimum Gasteiger partial charge on any atom is -0.357 e. The molecule has 0 saturated carbocycles. The van der Waals surface area contributed by atoms with Crippen molar-refractivity contribution >= 4 is 17.3 Å². The first-order valence-corrected chi connectivity index (χ1v) is 11.8. The van der Waals surface area contributed by atoms with E-state index in [0.29, 0.717) is 6.04 Å². The third-order valence-electron chi connectivity index (χ3n) is 5.39. The number of piperidine rings is 1. The van der Waals surface area contributed by atoms with Crippen LogP contribution in [0.4, 0.5) is 0 Å². The van der Waals surface area contributed by atoms with Gasteiger partial charge in [-0.3, -0.25) is 9.89 Å². The SMILES string of the molecule is CCNC(=NCCc1nc(CC)c(C)s1)NC1CCN(Cc2ccccc2)CC1. The number of rotatable bonds is 8. The van der Waals surface area contributed by atoms with Crippen molar-refractivity contribution in [2.45, 2.75) is 59.0 Å². The molecule has 1 aliphatic heterocycles. The molecule has 2 N–H and O–H groups in total. The summed E-state index contributed by atoms with van der Waals surface area (Å²) in [5, 5.41) is 8.26. The second kappa shape index (κ2) is 11.3. The number of aromatic nitrogens is 1. The van der Waals surface area contributed by atoms with Crippen LogP contribution in [-0.4, -0.2) is 48.1 Å². The molecular weight excluding hydrogens is 378 g/mol. The van der Waals surface area contributed by atoms with E-state index in [2.05, 4.69) is 66.6 Å². The van der Waals surface area contributed by atoms with Crippen LogP contribution in [0.2, 0.25) is 0 Å². The molecule has 0 amide bonds. The molecule has 2 heterocycles. The number of aryl methyl sites for hydroxylation is 2. The van der Waals surface area contributed by atoms with Crippen molar-refractivity contribution in [1.82, 2.24) is 20.5 Å².